The maximum atomic E-state index is 13.5. The van der Waals surface area contributed by atoms with Crippen LogP contribution in [0.25, 0.3) is 11.3 Å². The Kier molecular flexibility index (Phi) is 2.81. The third kappa shape index (κ3) is 1.91. The Hall–Kier alpha value is -1.64. The predicted octanol–water partition coefficient (Wildman–Crippen LogP) is 3.43. The number of hydrogen-bond acceptors (Lipinski definition) is 2. The molecular formula is C12H12FNO. The Morgan fingerprint density at radius 2 is 2.13 bits per heavy atom. The van der Waals surface area contributed by atoms with Gasteiger partial charge in [0, 0.05) is 11.1 Å². The molecular weight excluding hydrogens is 193 g/mol. The van der Waals surface area contributed by atoms with Gasteiger partial charge in [-0.05, 0) is 18.6 Å². The molecule has 0 unspecified atom stereocenters. The number of benzene rings is 1. The van der Waals surface area contributed by atoms with Crippen LogP contribution < -0.4 is 0 Å². The molecule has 0 N–H and O–H groups in total. The lowest BCUT2D eigenvalue weighted by molar-refractivity contribution is 0.420. The molecule has 2 rings (SSSR count). The molecule has 0 amide bonds. The number of aromatic nitrogens is 1. The van der Waals surface area contributed by atoms with E-state index in [0.29, 0.717) is 11.3 Å². The minimum atomic E-state index is -0.260. The highest BCUT2D eigenvalue weighted by molar-refractivity contribution is 5.62. The molecule has 0 aliphatic carbocycles. The fourth-order valence-electron chi connectivity index (χ4n) is 1.58. The first-order chi connectivity index (χ1) is 7.33. The van der Waals surface area contributed by atoms with Crippen molar-refractivity contribution < 1.29 is 8.91 Å². The first-order valence-corrected chi connectivity index (χ1v) is 5.01. The van der Waals surface area contributed by atoms with Gasteiger partial charge in [-0.15, -0.1) is 0 Å². The van der Waals surface area contributed by atoms with Gasteiger partial charge in [-0.2, -0.15) is 0 Å². The van der Waals surface area contributed by atoms with E-state index in [2.05, 4.69) is 12.1 Å². The molecule has 0 fully saturated rings. The fraction of sp³-hybridized carbons (Fsp3) is 0.250. The van der Waals surface area contributed by atoms with E-state index in [4.69, 9.17) is 4.52 Å². The van der Waals surface area contributed by atoms with Gasteiger partial charge in [0.05, 0.1) is 0 Å². The van der Waals surface area contributed by atoms with Crippen LogP contribution in [0.1, 0.15) is 18.9 Å². The van der Waals surface area contributed by atoms with Crippen molar-refractivity contribution in [1.82, 2.24) is 5.16 Å². The molecule has 0 spiro atoms. The summed E-state index contributed by atoms with van der Waals surface area (Å²) in [6.07, 6.45) is 3.43. The molecule has 3 heteroatoms. The summed E-state index contributed by atoms with van der Waals surface area (Å²) in [4.78, 5) is 0. The van der Waals surface area contributed by atoms with Crippen molar-refractivity contribution in [2.24, 2.45) is 0 Å². The maximum Gasteiger partial charge on any atom is 0.132 e. The zero-order valence-corrected chi connectivity index (χ0v) is 8.53. The molecule has 15 heavy (non-hydrogen) atoms. The lowest BCUT2D eigenvalue weighted by Gasteiger charge is -2.00. The number of rotatable bonds is 3. The van der Waals surface area contributed by atoms with Gasteiger partial charge in [-0.25, -0.2) is 4.39 Å². The lowest BCUT2D eigenvalue weighted by Crippen LogP contribution is -1.89. The monoisotopic (exact) mass is 205 g/mol. The summed E-state index contributed by atoms with van der Waals surface area (Å²) in [5.41, 5.74) is 2.09. The quantitative estimate of drug-likeness (QED) is 0.767. The first-order valence-electron chi connectivity index (χ1n) is 5.01. The lowest BCUT2D eigenvalue weighted by atomic mass is 10.0. The van der Waals surface area contributed by atoms with E-state index in [1.165, 1.54) is 6.07 Å². The largest absolute Gasteiger partial charge is 0.364 e. The van der Waals surface area contributed by atoms with Gasteiger partial charge in [0.25, 0.3) is 0 Å². The third-order valence-corrected chi connectivity index (χ3v) is 2.29. The predicted molar refractivity (Wildman–Crippen MR) is 55.9 cm³/mol. The van der Waals surface area contributed by atoms with Crippen molar-refractivity contribution in [2.45, 2.75) is 19.8 Å². The van der Waals surface area contributed by atoms with E-state index < -0.39 is 0 Å². The molecule has 0 radical (unpaired) electrons. The van der Waals surface area contributed by atoms with Crippen LogP contribution in [0.2, 0.25) is 0 Å². The number of aryl methyl sites for hydroxylation is 1. The molecule has 0 aliphatic heterocycles. The van der Waals surface area contributed by atoms with Crippen LogP contribution in [-0.4, -0.2) is 5.16 Å². The van der Waals surface area contributed by atoms with Crippen LogP contribution in [0, 0.1) is 5.82 Å². The van der Waals surface area contributed by atoms with E-state index in [9.17, 15) is 4.39 Å². The highest BCUT2D eigenvalue weighted by Crippen LogP contribution is 2.25. The van der Waals surface area contributed by atoms with Gasteiger partial charge < -0.3 is 4.52 Å². The maximum absolute atomic E-state index is 13.5. The van der Waals surface area contributed by atoms with Gasteiger partial charge in [-0.3, -0.25) is 0 Å². The van der Waals surface area contributed by atoms with E-state index in [1.54, 1.807) is 24.5 Å². The molecule has 0 aliphatic rings. The Balaban J connectivity index is 2.45. The van der Waals surface area contributed by atoms with Crippen molar-refractivity contribution in [1.29, 1.82) is 0 Å². The molecule has 0 saturated carbocycles. The van der Waals surface area contributed by atoms with Crippen molar-refractivity contribution in [3.8, 4) is 11.3 Å². The van der Waals surface area contributed by atoms with Crippen LogP contribution >= 0.6 is 0 Å². The average Bonchev–Trinajstić information content (AvgIpc) is 2.67. The van der Waals surface area contributed by atoms with Crippen molar-refractivity contribution in [2.75, 3.05) is 0 Å². The van der Waals surface area contributed by atoms with Crippen LogP contribution in [0.4, 0.5) is 4.39 Å². The van der Waals surface area contributed by atoms with E-state index >= 15 is 0 Å². The molecule has 1 aromatic heterocycles. The van der Waals surface area contributed by atoms with E-state index in [0.717, 1.165) is 18.4 Å². The second kappa shape index (κ2) is 4.26. The highest BCUT2D eigenvalue weighted by atomic mass is 19.1. The summed E-state index contributed by atoms with van der Waals surface area (Å²) in [6.45, 7) is 2.07. The molecule has 0 atom stereocenters. The van der Waals surface area contributed by atoms with Gasteiger partial charge in [0.2, 0.25) is 0 Å². The molecule has 0 bridgehead atoms. The van der Waals surface area contributed by atoms with Crippen molar-refractivity contribution in [3.05, 3.63) is 41.9 Å². The van der Waals surface area contributed by atoms with Gasteiger partial charge in [-0.1, -0.05) is 30.6 Å². The Morgan fingerprint density at radius 3 is 2.87 bits per heavy atom. The van der Waals surface area contributed by atoms with Crippen molar-refractivity contribution in [3.63, 3.8) is 0 Å². The van der Waals surface area contributed by atoms with Crippen LogP contribution in [0.15, 0.2) is 35.1 Å². The summed E-state index contributed by atoms with van der Waals surface area (Å²) in [6, 6.07) is 6.60. The average molecular weight is 205 g/mol. The minimum absolute atomic E-state index is 0.260. The molecule has 2 aromatic rings. The number of nitrogens with zero attached hydrogens (tertiary/aromatic N) is 1. The third-order valence-electron chi connectivity index (χ3n) is 2.29. The summed E-state index contributed by atoms with van der Waals surface area (Å²) < 4.78 is 18.4. The molecule has 1 aromatic carbocycles. The number of halogens is 1. The highest BCUT2D eigenvalue weighted by Gasteiger charge is 2.12. The van der Waals surface area contributed by atoms with Gasteiger partial charge in [0.1, 0.15) is 17.8 Å². The molecule has 0 saturated heterocycles. The van der Waals surface area contributed by atoms with Crippen molar-refractivity contribution >= 4 is 0 Å². The first kappa shape index (κ1) is 9.90. The summed E-state index contributed by atoms with van der Waals surface area (Å²) in [5.74, 6) is -0.260. The fourth-order valence-corrected chi connectivity index (χ4v) is 1.58. The van der Waals surface area contributed by atoms with Crippen LogP contribution in [-0.2, 0) is 6.42 Å². The normalized spacial score (nSPS) is 10.5. The Morgan fingerprint density at radius 1 is 1.33 bits per heavy atom. The molecule has 1 heterocycles. The Bertz CT molecular complexity index is 450. The second-order valence-electron chi connectivity index (χ2n) is 3.42. The van der Waals surface area contributed by atoms with Gasteiger partial charge in [0.15, 0.2) is 0 Å². The SMILES string of the molecule is CCCc1conc1-c1ccccc1F. The smallest absolute Gasteiger partial charge is 0.132 e. The second-order valence-corrected chi connectivity index (χ2v) is 3.42. The zero-order valence-electron chi connectivity index (χ0n) is 8.53. The standard InChI is InChI=1S/C12H12FNO/c1-2-5-9-8-15-14-12(9)10-6-3-4-7-11(10)13/h3-4,6-8H,2,5H2,1H3. The van der Waals surface area contributed by atoms with E-state index in [-0.39, 0.29) is 5.82 Å². The summed E-state index contributed by atoms with van der Waals surface area (Å²) in [5, 5.41) is 3.85. The van der Waals surface area contributed by atoms with E-state index in [1.807, 2.05) is 0 Å². The zero-order chi connectivity index (χ0) is 10.7. The number of hydrogen-bond donors (Lipinski definition) is 0. The summed E-state index contributed by atoms with van der Waals surface area (Å²) in [7, 11) is 0. The van der Waals surface area contributed by atoms with Crippen LogP contribution in [0.5, 0.6) is 0 Å². The minimum Gasteiger partial charge on any atom is -0.364 e. The molecule has 2 nitrogen and oxygen atoms in total. The topological polar surface area (TPSA) is 26.0 Å². The Labute approximate surface area is 87.7 Å². The molecule has 78 valence electrons. The van der Waals surface area contributed by atoms with Crippen LogP contribution in [0.3, 0.4) is 0 Å². The summed E-state index contributed by atoms with van der Waals surface area (Å²) >= 11 is 0. The van der Waals surface area contributed by atoms with Gasteiger partial charge >= 0.3 is 0 Å².